The summed E-state index contributed by atoms with van der Waals surface area (Å²) in [6, 6.07) is 4.59. The lowest BCUT2D eigenvalue weighted by atomic mass is 9.85. The van der Waals surface area contributed by atoms with E-state index in [-0.39, 0.29) is 6.61 Å². The fourth-order valence-corrected chi connectivity index (χ4v) is 2.39. The van der Waals surface area contributed by atoms with Gasteiger partial charge in [-0.25, -0.2) is 0 Å². The molecule has 1 heterocycles. The van der Waals surface area contributed by atoms with Crippen LogP contribution in [0, 0.1) is 5.92 Å². The number of ether oxygens (including phenoxy) is 1. The molecule has 3 nitrogen and oxygen atoms in total. The molecule has 0 saturated carbocycles. The molecule has 0 spiro atoms. The van der Waals surface area contributed by atoms with E-state index in [4.69, 9.17) is 9.84 Å². The fourth-order valence-electron chi connectivity index (χ4n) is 2.39. The predicted molar refractivity (Wildman–Crippen MR) is 60.7 cm³/mol. The minimum atomic E-state index is -4.38. The van der Waals surface area contributed by atoms with Gasteiger partial charge < -0.3 is 9.84 Å². The van der Waals surface area contributed by atoms with Gasteiger partial charge in [0.2, 0.25) is 0 Å². The van der Waals surface area contributed by atoms with Crippen molar-refractivity contribution in [1.82, 2.24) is 0 Å². The van der Waals surface area contributed by atoms with Crippen molar-refractivity contribution in [2.45, 2.75) is 25.1 Å². The first-order valence-electron chi connectivity index (χ1n) is 5.82. The van der Waals surface area contributed by atoms with Crippen LogP contribution < -0.4 is 0 Å². The van der Waals surface area contributed by atoms with E-state index in [1.165, 1.54) is 12.1 Å². The molecule has 3 unspecified atom stereocenters. The highest BCUT2D eigenvalue weighted by Crippen LogP contribution is 2.37. The Morgan fingerprint density at radius 3 is 2.37 bits per heavy atom. The fraction of sp³-hybridized carbons (Fsp3) is 0.462. The van der Waals surface area contributed by atoms with Gasteiger partial charge in [-0.3, -0.25) is 4.79 Å². The summed E-state index contributed by atoms with van der Waals surface area (Å²) in [5.41, 5.74) is -0.181. The highest BCUT2D eigenvalue weighted by atomic mass is 19.4. The van der Waals surface area contributed by atoms with Gasteiger partial charge in [0.15, 0.2) is 0 Å². The van der Waals surface area contributed by atoms with Gasteiger partial charge in [-0.15, -0.1) is 0 Å². The third-order valence-electron chi connectivity index (χ3n) is 3.43. The maximum absolute atomic E-state index is 12.4. The van der Waals surface area contributed by atoms with E-state index in [1.807, 2.05) is 0 Å². The number of carbonyl (C=O) groups is 1. The molecule has 0 amide bonds. The van der Waals surface area contributed by atoms with Gasteiger partial charge in [-0.05, 0) is 24.6 Å². The molecule has 0 radical (unpaired) electrons. The van der Waals surface area contributed by atoms with Crippen LogP contribution in [-0.4, -0.2) is 23.8 Å². The zero-order valence-electron chi connectivity index (χ0n) is 10.1. The summed E-state index contributed by atoms with van der Waals surface area (Å²) in [5, 5.41) is 9.14. The smallest absolute Gasteiger partial charge is 0.416 e. The first kappa shape index (κ1) is 13.9. The maximum Gasteiger partial charge on any atom is 0.416 e. The summed E-state index contributed by atoms with van der Waals surface area (Å²) < 4.78 is 42.6. The summed E-state index contributed by atoms with van der Waals surface area (Å²) >= 11 is 0. The van der Waals surface area contributed by atoms with Gasteiger partial charge in [0, 0.05) is 5.92 Å². The van der Waals surface area contributed by atoms with Crippen molar-refractivity contribution in [3.63, 3.8) is 0 Å². The average Bonchev–Trinajstić information content (AvgIpc) is 2.70. The van der Waals surface area contributed by atoms with Gasteiger partial charge in [0.05, 0.1) is 24.2 Å². The minimum Gasteiger partial charge on any atom is -0.481 e. The highest BCUT2D eigenvalue weighted by molar-refractivity contribution is 5.72. The molecule has 6 heteroatoms. The number of aliphatic carboxylic acids is 1. The lowest BCUT2D eigenvalue weighted by Crippen LogP contribution is -2.25. The van der Waals surface area contributed by atoms with Crippen LogP contribution in [0.2, 0.25) is 0 Å². The van der Waals surface area contributed by atoms with Gasteiger partial charge in [-0.1, -0.05) is 12.1 Å². The van der Waals surface area contributed by atoms with E-state index < -0.39 is 35.6 Å². The van der Waals surface area contributed by atoms with E-state index in [0.29, 0.717) is 5.56 Å². The molecule has 1 saturated heterocycles. The molecule has 1 aromatic carbocycles. The molecule has 1 aromatic rings. The van der Waals surface area contributed by atoms with Gasteiger partial charge >= 0.3 is 12.1 Å². The summed E-state index contributed by atoms with van der Waals surface area (Å²) in [7, 11) is 0. The van der Waals surface area contributed by atoms with Crippen LogP contribution in [0.3, 0.4) is 0 Å². The van der Waals surface area contributed by atoms with Crippen LogP contribution in [0.15, 0.2) is 24.3 Å². The number of carboxylic acid groups (broad SMARTS) is 1. The van der Waals surface area contributed by atoms with Gasteiger partial charge in [0.1, 0.15) is 0 Å². The van der Waals surface area contributed by atoms with E-state index in [0.717, 1.165) is 12.1 Å². The van der Waals surface area contributed by atoms with Crippen LogP contribution in [0.4, 0.5) is 13.2 Å². The lowest BCUT2D eigenvalue weighted by Gasteiger charge is -2.17. The molecule has 19 heavy (non-hydrogen) atoms. The third kappa shape index (κ3) is 2.73. The van der Waals surface area contributed by atoms with E-state index in [2.05, 4.69) is 0 Å². The van der Waals surface area contributed by atoms with E-state index >= 15 is 0 Å². The lowest BCUT2D eigenvalue weighted by molar-refractivity contribution is -0.143. The van der Waals surface area contributed by atoms with Crippen molar-refractivity contribution in [1.29, 1.82) is 0 Å². The largest absolute Gasteiger partial charge is 0.481 e. The third-order valence-corrected chi connectivity index (χ3v) is 3.43. The predicted octanol–water partition coefficient (Wildman–Crippen LogP) is 2.91. The average molecular weight is 274 g/mol. The molecule has 0 bridgehead atoms. The zero-order valence-corrected chi connectivity index (χ0v) is 10.1. The van der Waals surface area contributed by atoms with Crippen molar-refractivity contribution in [2.24, 2.45) is 5.92 Å². The van der Waals surface area contributed by atoms with Crippen molar-refractivity contribution in [3.05, 3.63) is 35.4 Å². The first-order chi connectivity index (χ1) is 8.80. The Kier molecular flexibility index (Phi) is 3.54. The molecule has 3 atom stereocenters. The Bertz CT molecular complexity index is 467. The van der Waals surface area contributed by atoms with Crippen LogP contribution in [0.5, 0.6) is 0 Å². The summed E-state index contributed by atoms with van der Waals surface area (Å²) in [6.07, 6.45) is -4.82. The summed E-state index contributed by atoms with van der Waals surface area (Å²) in [6.45, 7) is 1.87. The van der Waals surface area contributed by atoms with Crippen molar-refractivity contribution in [3.8, 4) is 0 Å². The molecular weight excluding hydrogens is 261 g/mol. The maximum atomic E-state index is 12.4. The molecule has 1 fully saturated rings. The summed E-state index contributed by atoms with van der Waals surface area (Å²) in [5.74, 6) is -2.12. The molecule has 1 aliphatic rings. The number of alkyl halides is 3. The van der Waals surface area contributed by atoms with E-state index in [9.17, 15) is 18.0 Å². The molecule has 0 aliphatic carbocycles. The highest BCUT2D eigenvalue weighted by Gasteiger charge is 2.41. The summed E-state index contributed by atoms with van der Waals surface area (Å²) in [4.78, 5) is 11.2. The molecule has 0 aromatic heterocycles. The van der Waals surface area contributed by atoms with Crippen LogP contribution in [-0.2, 0) is 15.7 Å². The van der Waals surface area contributed by atoms with Crippen molar-refractivity contribution in [2.75, 3.05) is 6.61 Å². The quantitative estimate of drug-likeness (QED) is 0.902. The minimum absolute atomic E-state index is 0.212. The standard InChI is InChI=1S/C13H13F3O3/c1-7-11(12(17)18)10(6-19-7)8-2-4-9(5-3-8)13(14,15)16/h2-5,7,10-11H,6H2,1H3,(H,17,18). The Hall–Kier alpha value is -1.56. The zero-order chi connectivity index (χ0) is 14.2. The Labute approximate surface area is 108 Å². The van der Waals surface area contributed by atoms with Gasteiger partial charge in [-0.2, -0.15) is 13.2 Å². The number of halogens is 3. The molecule has 104 valence electrons. The number of hydrogen-bond acceptors (Lipinski definition) is 2. The number of hydrogen-bond donors (Lipinski definition) is 1. The topological polar surface area (TPSA) is 46.5 Å². The second-order valence-corrected chi connectivity index (χ2v) is 4.63. The Balaban J connectivity index is 2.25. The van der Waals surface area contributed by atoms with Crippen LogP contribution in [0.25, 0.3) is 0 Å². The van der Waals surface area contributed by atoms with Crippen LogP contribution in [0.1, 0.15) is 24.0 Å². The number of carboxylic acids is 1. The van der Waals surface area contributed by atoms with E-state index in [1.54, 1.807) is 6.92 Å². The van der Waals surface area contributed by atoms with Crippen molar-refractivity contribution < 1.29 is 27.8 Å². The molecule has 1 N–H and O–H groups in total. The van der Waals surface area contributed by atoms with Gasteiger partial charge in [0.25, 0.3) is 0 Å². The monoisotopic (exact) mass is 274 g/mol. The number of rotatable bonds is 2. The molecule has 2 rings (SSSR count). The normalized spacial score (nSPS) is 27.5. The second-order valence-electron chi connectivity index (χ2n) is 4.63. The second kappa shape index (κ2) is 4.85. The van der Waals surface area contributed by atoms with Crippen LogP contribution >= 0.6 is 0 Å². The Morgan fingerprint density at radius 2 is 1.89 bits per heavy atom. The molecule has 1 aliphatic heterocycles. The number of benzene rings is 1. The Morgan fingerprint density at radius 1 is 1.32 bits per heavy atom. The van der Waals surface area contributed by atoms with Crippen molar-refractivity contribution >= 4 is 5.97 Å². The first-order valence-corrected chi connectivity index (χ1v) is 5.82. The SMILES string of the molecule is CC1OCC(c2ccc(C(F)(F)F)cc2)C1C(=O)O. The molecular formula is C13H13F3O3.